The second-order valence-electron chi connectivity index (χ2n) is 6.97. The van der Waals surface area contributed by atoms with Crippen LogP contribution in [-0.2, 0) is 19.3 Å². The molecule has 4 rings (SSSR count). The second kappa shape index (κ2) is 6.85. The van der Waals surface area contributed by atoms with Crippen LogP contribution in [0.2, 0.25) is 0 Å². The third-order valence-electron chi connectivity index (χ3n) is 5.26. The summed E-state index contributed by atoms with van der Waals surface area (Å²) in [5.41, 5.74) is 9.77. The van der Waals surface area contributed by atoms with Gasteiger partial charge in [0.15, 0.2) is 5.76 Å². The number of nitrogens with two attached hydrogens (primary N) is 1. The molecule has 0 bridgehead atoms. The van der Waals surface area contributed by atoms with Crippen LogP contribution in [0, 0.1) is 6.92 Å². The third-order valence-corrected chi connectivity index (χ3v) is 6.47. The van der Waals surface area contributed by atoms with E-state index >= 15 is 0 Å². The normalized spacial score (nSPS) is 13.6. The molecule has 2 heterocycles. The van der Waals surface area contributed by atoms with Gasteiger partial charge in [0, 0.05) is 15.8 Å². The summed E-state index contributed by atoms with van der Waals surface area (Å²) in [4.78, 5) is 26.1. The van der Waals surface area contributed by atoms with Gasteiger partial charge in [-0.1, -0.05) is 13.0 Å². The SMILES string of the molecule is CCc1ccc2oc(C(=O)Nc3sc4c(c3C(N)=O)CCCC4)c(C)c2c1. The van der Waals surface area contributed by atoms with Gasteiger partial charge in [0.05, 0.1) is 5.56 Å². The average Bonchev–Trinajstić information content (AvgIpc) is 3.18. The highest BCUT2D eigenvalue weighted by Crippen LogP contribution is 2.38. The average molecular weight is 382 g/mol. The topological polar surface area (TPSA) is 85.3 Å². The lowest BCUT2D eigenvalue weighted by Gasteiger charge is -2.11. The Labute approximate surface area is 161 Å². The number of anilines is 1. The van der Waals surface area contributed by atoms with Crippen LogP contribution < -0.4 is 11.1 Å². The minimum Gasteiger partial charge on any atom is -0.451 e. The number of hydrogen-bond acceptors (Lipinski definition) is 4. The number of furan rings is 1. The number of thiophene rings is 1. The second-order valence-corrected chi connectivity index (χ2v) is 8.08. The number of carbonyl (C=O) groups is 2. The summed E-state index contributed by atoms with van der Waals surface area (Å²) in [6.45, 7) is 3.97. The van der Waals surface area contributed by atoms with Crippen molar-refractivity contribution in [3.05, 3.63) is 51.1 Å². The largest absolute Gasteiger partial charge is 0.451 e. The van der Waals surface area contributed by atoms with E-state index in [2.05, 4.69) is 18.3 Å². The van der Waals surface area contributed by atoms with Gasteiger partial charge in [-0.25, -0.2) is 0 Å². The van der Waals surface area contributed by atoms with Crippen molar-refractivity contribution in [1.82, 2.24) is 0 Å². The zero-order valence-corrected chi connectivity index (χ0v) is 16.3. The molecule has 3 N–H and O–H groups in total. The number of carbonyl (C=O) groups excluding carboxylic acids is 2. The summed E-state index contributed by atoms with van der Waals surface area (Å²) in [6.07, 6.45) is 4.83. The van der Waals surface area contributed by atoms with Gasteiger partial charge in [0.25, 0.3) is 11.8 Å². The lowest BCUT2D eigenvalue weighted by molar-refractivity contribution is 0.0998. The van der Waals surface area contributed by atoms with Gasteiger partial charge in [0.2, 0.25) is 0 Å². The number of aryl methyl sites for hydroxylation is 3. The van der Waals surface area contributed by atoms with E-state index < -0.39 is 5.91 Å². The van der Waals surface area contributed by atoms with E-state index in [1.165, 1.54) is 16.9 Å². The molecular weight excluding hydrogens is 360 g/mol. The van der Waals surface area contributed by atoms with Crippen molar-refractivity contribution >= 4 is 39.1 Å². The van der Waals surface area contributed by atoms with Gasteiger partial charge in [-0.2, -0.15) is 0 Å². The predicted molar refractivity (Wildman–Crippen MR) is 108 cm³/mol. The Kier molecular flexibility index (Phi) is 4.52. The highest BCUT2D eigenvalue weighted by atomic mass is 32.1. The highest BCUT2D eigenvalue weighted by Gasteiger charge is 2.26. The van der Waals surface area contributed by atoms with Gasteiger partial charge in [-0.15, -0.1) is 11.3 Å². The summed E-state index contributed by atoms with van der Waals surface area (Å²) < 4.78 is 5.81. The van der Waals surface area contributed by atoms with Crippen molar-refractivity contribution in [1.29, 1.82) is 0 Å². The summed E-state index contributed by atoms with van der Waals surface area (Å²) >= 11 is 1.46. The molecule has 0 saturated heterocycles. The van der Waals surface area contributed by atoms with Crippen LogP contribution in [0.3, 0.4) is 0 Å². The maximum absolute atomic E-state index is 12.9. The van der Waals surface area contributed by atoms with Crippen LogP contribution in [-0.4, -0.2) is 11.8 Å². The monoisotopic (exact) mass is 382 g/mol. The Morgan fingerprint density at radius 1 is 1.26 bits per heavy atom. The van der Waals surface area contributed by atoms with Crippen molar-refractivity contribution in [2.75, 3.05) is 5.32 Å². The van der Waals surface area contributed by atoms with E-state index in [0.717, 1.165) is 53.5 Å². The molecule has 5 nitrogen and oxygen atoms in total. The van der Waals surface area contributed by atoms with Gasteiger partial charge >= 0.3 is 0 Å². The highest BCUT2D eigenvalue weighted by molar-refractivity contribution is 7.17. The number of nitrogens with one attached hydrogen (secondary N) is 1. The summed E-state index contributed by atoms with van der Waals surface area (Å²) in [5, 5.41) is 4.36. The molecule has 140 valence electrons. The first-order chi connectivity index (χ1) is 13.0. The van der Waals surface area contributed by atoms with Crippen molar-refractivity contribution in [2.24, 2.45) is 5.73 Å². The fourth-order valence-electron chi connectivity index (χ4n) is 3.78. The molecule has 0 spiro atoms. The Hall–Kier alpha value is -2.60. The molecule has 0 unspecified atom stereocenters. The lowest BCUT2D eigenvalue weighted by Crippen LogP contribution is -2.18. The molecule has 0 atom stereocenters. The Balaban J connectivity index is 1.71. The molecule has 27 heavy (non-hydrogen) atoms. The van der Waals surface area contributed by atoms with Crippen molar-refractivity contribution in [2.45, 2.75) is 46.0 Å². The van der Waals surface area contributed by atoms with Gasteiger partial charge in [0.1, 0.15) is 10.6 Å². The first-order valence-corrected chi connectivity index (χ1v) is 10.1. The molecule has 1 aliphatic carbocycles. The fourth-order valence-corrected chi connectivity index (χ4v) is 5.07. The first kappa shape index (κ1) is 17.8. The van der Waals surface area contributed by atoms with Crippen molar-refractivity contribution in [3.8, 4) is 0 Å². The Morgan fingerprint density at radius 3 is 2.78 bits per heavy atom. The molecule has 0 saturated carbocycles. The van der Waals surface area contributed by atoms with Gasteiger partial charge in [-0.3, -0.25) is 9.59 Å². The number of hydrogen-bond donors (Lipinski definition) is 2. The summed E-state index contributed by atoms with van der Waals surface area (Å²) in [5.74, 6) is -0.554. The van der Waals surface area contributed by atoms with E-state index in [-0.39, 0.29) is 11.7 Å². The third kappa shape index (κ3) is 3.04. The minimum atomic E-state index is -0.487. The van der Waals surface area contributed by atoms with Gasteiger partial charge in [-0.05, 0) is 62.3 Å². The number of primary amides is 1. The van der Waals surface area contributed by atoms with Gasteiger partial charge < -0.3 is 15.5 Å². The minimum absolute atomic E-state index is 0.278. The van der Waals surface area contributed by atoms with E-state index in [1.54, 1.807) is 0 Å². The number of amides is 2. The predicted octanol–water partition coefficient (Wildman–Crippen LogP) is 4.60. The number of rotatable bonds is 4. The molecule has 0 radical (unpaired) electrons. The van der Waals surface area contributed by atoms with Crippen LogP contribution in [0.25, 0.3) is 11.0 Å². The quantitative estimate of drug-likeness (QED) is 0.692. The van der Waals surface area contributed by atoms with Crippen LogP contribution in [0.1, 0.15) is 62.2 Å². The van der Waals surface area contributed by atoms with E-state index in [4.69, 9.17) is 10.2 Å². The maximum Gasteiger partial charge on any atom is 0.292 e. The zero-order chi connectivity index (χ0) is 19.1. The van der Waals surface area contributed by atoms with E-state index in [9.17, 15) is 9.59 Å². The molecule has 0 fully saturated rings. The number of fused-ring (bicyclic) bond motifs is 2. The zero-order valence-electron chi connectivity index (χ0n) is 15.5. The smallest absolute Gasteiger partial charge is 0.292 e. The molecule has 6 heteroatoms. The molecule has 2 aromatic heterocycles. The van der Waals surface area contributed by atoms with Crippen molar-refractivity contribution < 1.29 is 14.0 Å². The lowest BCUT2D eigenvalue weighted by atomic mass is 9.95. The van der Waals surface area contributed by atoms with Crippen LogP contribution in [0.4, 0.5) is 5.00 Å². The molecule has 2 amide bonds. The standard InChI is InChI=1S/C21H22N2O3S/c1-3-12-8-9-15-14(10-12)11(2)18(26-15)20(25)23-21-17(19(22)24)13-6-4-5-7-16(13)27-21/h8-10H,3-7H2,1-2H3,(H2,22,24)(H,23,25). The van der Waals surface area contributed by atoms with Crippen LogP contribution in [0.15, 0.2) is 22.6 Å². The van der Waals surface area contributed by atoms with E-state index in [0.29, 0.717) is 16.1 Å². The maximum atomic E-state index is 12.9. The molecule has 1 aliphatic rings. The summed E-state index contributed by atoms with van der Waals surface area (Å²) in [6, 6.07) is 5.96. The molecule has 1 aromatic carbocycles. The van der Waals surface area contributed by atoms with E-state index in [1.807, 2.05) is 19.1 Å². The number of benzene rings is 1. The molecule has 3 aromatic rings. The molecular formula is C21H22N2O3S. The fraction of sp³-hybridized carbons (Fsp3) is 0.333. The molecule has 0 aliphatic heterocycles. The van der Waals surface area contributed by atoms with Crippen LogP contribution >= 0.6 is 11.3 Å². The van der Waals surface area contributed by atoms with Crippen molar-refractivity contribution in [3.63, 3.8) is 0 Å². The first-order valence-electron chi connectivity index (χ1n) is 9.27. The Morgan fingerprint density at radius 2 is 2.04 bits per heavy atom. The Bertz CT molecular complexity index is 1060. The summed E-state index contributed by atoms with van der Waals surface area (Å²) in [7, 11) is 0. The van der Waals surface area contributed by atoms with Crippen LogP contribution in [0.5, 0.6) is 0 Å².